The Bertz CT molecular complexity index is 1060. The first-order valence-electron chi connectivity index (χ1n) is 11.9. The first-order valence-corrected chi connectivity index (χ1v) is 11.9. The summed E-state index contributed by atoms with van der Waals surface area (Å²) >= 11 is 0. The van der Waals surface area contributed by atoms with E-state index in [0.717, 1.165) is 42.7 Å². The van der Waals surface area contributed by atoms with Gasteiger partial charge in [0, 0.05) is 37.2 Å². The van der Waals surface area contributed by atoms with Gasteiger partial charge in [-0.05, 0) is 86.5 Å². The molecule has 36 heavy (non-hydrogen) atoms. The van der Waals surface area contributed by atoms with E-state index in [1.165, 1.54) is 6.42 Å². The molecule has 1 aliphatic rings. The second kappa shape index (κ2) is 15.1. The van der Waals surface area contributed by atoms with E-state index >= 15 is 0 Å². The smallest absolute Gasteiger partial charge is 0.255 e. The first-order chi connectivity index (χ1) is 17.4. The summed E-state index contributed by atoms with van der Waals surface area (Å²) in [4.78, 5) is 41.7. The number of carbonyl (C=O) groups is 3. The van der Waals surface area contributed by atoms with Gasteiger partial charge in [0.15, 0.2) is 0 Å². The number of likely N-dealkylation sites (N-methyl/N-ethyl adjacent to an activating group) is 1. The van der Waals surface area contributed by atoms with Crippen molar-refractivity contribution in [2.24, 2.45) is 10.7 Å². The van der Waals surface area contributed by atoms with Crippen LogP contribution in [0.25, 0.3) is 6.08 Å². The summed E-state index contributed by atoms with van der Waals surface area (Å²) in [5.41, 5.74) is 8.24. The van der Waals surface area contributed by atoms with Gasteiger partial charge in [0.1, 0.15) is 0 Å². The molecule has 0 saturated carbocycles. The fraction of sp³-hybridized carbons (Fsp3) is 0.333. The Morgan fingerprint density at radius 3 is 2.42 bits per heavy atom. The maximum absolute atomic E-state index is 12.8. The average Bonchev–Trinajstić information content (AvgIpc) is 2.88. The van der Waals surface area contributed by atoms with E-state index < -0.39 is 0 Å². The van der Waals surface area contributed by atoms with Crippen molar-refractivity contribution in [3.8, 4) is 0 Å². The zero-order chi connectivity index (χ0) is 26.3. The topological polar surface area (TPSA) is 120 Å². The number of hydrogen-bond acceptors (Lipinski definition) is 5. The zero-order valence-corrected chi connectivity index (χ0v) is 21.2. The van der Waals surface area contributed by atoms with Crippen LogP contribution in [-0.4, -0.2) is 63.2 Å². The van der Waals surface area contributed by atoms with E-state index in [9.17, 15) is 9.59 Å². The van der Waals surface area contributed by atoms with Gasteiger partial charge in [-0.1, -0.05) is 12.5 Å². The van der Waals surface area contributed by atoms with Crippen LogP contribution in [0, 0.1) is 6.92 Å². The third kappa shape index (κ3) is 8.99. The Morgan fingerprint density at radius 2 is 1.78 bits per heavy atom. The Morgan fingerprint density at radius 1 is 1.11 bits per heavy atom. The van der Waals surface area contributed by atoms with E-state index in [1.54, 1.807) is 31.5 Å². The number of likely N-dealkylation sites (tertiary alicyclic amines) is 1. The fourth-order valence-electron chi connectivity index (χ4n) is 3.75. The summed E-state index contributed by atoms with van der Waals surface area (Å²) in [6, 6.07) is 12.9. The van der Waals surface area contributed by atoms with Gasteiger partial charge in [0.25, 0.3) is 5.91 Å². The second-order valence-corrected chi connectivity index (χ2v) is 8.39. The molecule has 0 bridgehead atoms. The van der Waals surface area contributed by atoms with E-state index in [1.807, 2.05) is 55.5 Å². The minimum Gasteiger partial charge on any atom is -0.372 e. The standard InChI is InChI=1S/C26H33N5O2.CH3NO/c1-20-7-8-22(17-21(20)13-14-28-19-27-2)26(33)29-23-9-11-24(12-10-23)30(3)25(32)18-31-15-5-4-6-16-31;2-1-3/h7-14,17,19H,4-6,15-16,18H2,1-3H3,(H,27,28)(H,29,33);1H,(H2,2,3)/b14-13+;. The molecule has 1 fully saturated rings. The normalized spacial score (nSPS) is 13.6. The van der Waals surface area contributed by atoms with E-state index in [2.05, 4.69) is 26.3 Å². The number of nitrogens with one attached hydrogen (secondary N) is 2. The minimum atomic E-state index is -0.185. The molecule has 9 nitrogen and oxygen atoms in total. The molecule has 2 aromatic rings. The predicted molar refractivity (Wildman–Crippen MR) is 146 cm³/mol. The maximum atomic E-state index is 12.8. The van der Waals surface area contributed by atoms with Crippen LogP contribution in [0.4, 0.5) is 11.4 Å². The molecule has 192 valence electrons. The molecular formula is C27H36N6O3. The molecule has 1 aliphatic heterocycles. The van der Waals surface area contributed by atoms with Gasteiger partial charge < -0.3 is 21.3 Å². The Kier molecular flexibility index (Phi) is 11.9. The summed E-state index contributed by atoms with van der Waals surface area (Å²) < 4.78 is 0. The summed E-state index contributed by atoms with van der Waals surface area (Å²) in [6.45, 7) is 4.42. The molecule has 0 unspecified atom stereocenters. The highest BCUT2D eigenvalue weighted by atomic mass is 16.2. The number of amides is 3. The number of piperidine rings is 1. The van der Waals surface area contributed by atoms with Crippen LogP contribution in [0.15, 0.2) is 53.7 Å². The molecule has 1 saturated heterocycles. The van der Waals surface area contributed by atoms with Crippen molar-refractivity contribution in [1.29, 1.82) is 0 Å². The van der Waals surface area contributed by atoms with Crippen molar-refractivity contribution in [3.63, 3.8) is 0 Å². The van der Waals surface area contributed by atoms with Crippen molar-refractivity contribution in [1.82, 2.24) is 10.2 Å². The van der Waals surface area contributed by atoms with Gasteiger partial charge >= 0.3 is 0 Å². The number of nitrogens with zero attached hydrogens (tertiary/aromatic N) is 3. The largest absolute Gasteiger partial charge is 0.372 e. The number of aryl methyl sites for hydroxylation is 1. The Labute approximate surface area is 213 Å². The SMILES string of the molecule is CN=CN/C=C/c1cc(C(=O)Nc2ccc(N(C)C(=O)CN3CCCCC3)cc2)ccc1C.NC=O. The summed E-state index contributed by atoms with van der Waals surface area (Å²) in [5, 5.41) is 5.87. The molecule has 1 heterocycles. The molecule has 3 rings (SSSR count). The molecule has 0 aromatic heterocycles. The summed E-state index contributed by atoms with van der Waals surface area (Å²) in [7, 11) is 3.48. The lowest BCUT2D eigenvalue weighted by Crippen LogP contribution is -2.40. The molecule has 9 heteroatoms. The number of anilines is 2. The lowest BCUT2D eigenvalue weighted by Gasteiger charge is -2.28. The van der Waals surface area contributed by atoms with Gasteiger partial charge in [-0.3, -0.25) is 24.3 Å². The van der Waals surface area contributed by atoms with Crippen LogP contribution in [0.3, 0.4) is 0 Å². The second-order valence-electron chi connectivity index (χ2n) is 8.39. The van der Waals surface area contributed by atoms with Crippen molar-refractivity contribution in [2.45, 2.75) is 26.2 Å². The average molecular weight is 493 g/mol. The number of hydrogen-bond donors (Lipinski definition) is 3. The maximum Gasteiger partial charge on any atom is 0.255 e. The Balaban J connectivity index is 0.00000145. The van der Waals surface area contributed by atoms with Crippen LogP contribution in [-0.2, 0) is 9.59 Å². The number of primary amides is 1. The number of rotatable bonds is 8. The molecule has 0 spiro atoms. The lowest BCUT2D eigenvalue weighted by molar-refractivity contribution is -0.119. The molecule has 4 N–H and O–H groups in total. The summed E-state index contributed by atoms with van der Waals surface area (Å²) in [5.74, 6) is -0.108. The molecule has 0 radical (unpaired) electrons. The highest BCUT2D eigenvalue weighted by molar-refractivity contribution is 6.05. The highest BCUT2D eigenvalue weighted by Gasteiger charge is 2.17. The third-order valence-corrected chi connectivity index (χ3v) is 5.80. The molecule has 3 amide bonds. The van der Waals surface area contributed by atoms with Crippen molar-refractivity contribution in [3.05, 3.63) is 65.4 Å². The summed E-state index contributed by atoms with van der Waals surface area (Å²) in [6.07, 6.45) is 9.09. The molecular weight excluding hydrogens is 456 g/mol. The van der Waals surface area contributed by atoms with Gasteiger partial charge in [-0.2, -0.15) is 0 Å². The molecule has 0 atom stereocenters. The van der Waals surface area contributed by atoms with Crippen molar-refractivity contribution in [2.75, 3.05) is 43.9 Å². The van der Waals surface area contributed by atoms with Crippen LogP contribution in [0.2, 0.25) is 0 Å². The fourth-order valence-corrected chi connectivity index (χ4v) is 3.75. The predicted octanol–water partition coefficient (Wildman–Crippen LogP) is 3.02. The van der Waals surface area contributed by atoms with E-state index in [0.29, 0.717) is 17.8 Å². The van der Waals surface area contributed by atoms with Gasteiger partial charge in [0.2, 0.25) is 12.3 Å². The minimum absolute atomic E-state index is 0.0774. The number of benzene rings is 2. The molecule has 2 aromatic carbocycles. The lowest BCUT2D eigenvalue weighted by atomic mass is 10.0. The van der Waals surface area contributed by atoms with Crippen molar-refractivity contribution >= 4 is 42.0 Å². The van der Waals surface area contributed by atoms with Crippen molar-refractivity contribution < 1.29 is 14.4 Å². The number of aliphatic imine (C=N–C) groups is 1. The van der Waals surface area contributed by atoms with Gasteiger partial charge in [0.05, 0.1) is 12.9 Å². The van der Waals surface area contributed by atoms with Crippen LogP contribution < -0.4 is 21.3 Å². The zero-order valence-electron chi connectivity index (χ0n) is 21.2. The van der Waals surface area contributed by atoms with E-state index in [-0.39, 0.29) is 18.2 Å². The van der Waals surface area contributed by atoms with E-state index in [4.69, 9.17) is 4.79 Å². The van der Waals surface area contributed by atoms with Crippen LogP contribution >= 0.6 is 0 Å². The highest BCUT2D eigenvalue weighted by Crippen LogP contribution is 2.19. The number of carbonyl (C=O) groups excluding carboxylic acids is 3. The van der Waals surface area contributed by atoms with Crippen LogP contribution in [0.1, 0.15) is 40.7 Å². The Hall–Kier alpha value is -3.98. The quantitative estimate of drug-likeness (QED) is 0.297. The third-order valence-electron chi connectivity index (χ3n) is 5.80. The van der Waals surface area contributed by atoms with Gasteiger partial charge in [-0.25, -0.2) is 0 Å². The monoisotopic (exact) mass is 492 g/mol. The van der Waals surface area contributed by atoms with Gasteiger partial charge in [-0.15, -0.1) is 0 Å². The van der Waals surface area contributed by atoms with Crippen LogP contribution in [0.5, 0.6) is 0 Å². The molecule has 0 aliphatic carbocycles. The first kappa shape index (κ1) is 28.3. The number of nitrogens with two attached hydrogens (primary N) is 1.